The van der Waals surface area contributed by atoms with Gasteiger partial charge in [0, 0.05) is 13.6 Å². The summed E-state index contributed by atoms with van der Waals surface area (Å²) in [6.45, 7) is 3.06. The van der Waals surface area contributed by atoms with Crippen molar-refractivity contribution in [2.75, 3.05) is 20.2 Å². The van der Waals surface area contributed by atoms with E-state index < -0.39 is 6.10 Å². The molecule has 0 aliphatic carbocycles. The summed E-state index contributed by atoms with van der Waals surface area (Å²) in [5, 5.41) is 18.1. The first-order valence-electron chi connectivity index (χ1n) is 7.05. The van der Waals surface area contributed by atoms with Gasteiger partial charge in [0.05, 0.1) is 6.54 Å². The van der Waals surface area contributed by atoms with E-state index in [-0.39, 0.29) is 12.4 Å². The fraction of sp³-hybridized carbons (Fsp3) is 0.467. The summed E-state index contributed by atoms with van der Waals surface area (Å²) in [7, 11) is 3.80. The summed E-state index contributed by atoms with van der Waals surface area (Å²) in [6, 6.07) is 5.72. The van der Waals surface area contributed by atoms with Crippen LogP contribution in [0.5, 0.6) is 5.75 Å². The molecule has 0 radical (unpaired) electrons. The first kappa shape index (κ1) is 16.4. The van der Waals surface area contributed by atoms with Gasteiger partial charge in [0.1, 0.15) is 35.9 Å². The largest absolute Gasteiger partial charge is 0.491 e. The van der Waals surface area contributed by atoms with E-state index in [1.807, 2.05) is 30.5 Å². The normalized spacial score (nSPS) is 12.6. The summed E-state index contributed by atoms with van der Waals surface area (Å²) in [4.78, 5) is 1.95. The molecule has 1 unspecified atom stereocenters. The van der Waals surface area contributed by atoms with E-state index in [1.165, 1.54) is 24.3 Å². The topological polar surface area (TPSA) is 63.4 Å². The molecule has 22 heavy (non-hydrogen) atoms. The standard InChI is InChI=1S/C15H21FN4O2/c1-11-17-18-15(20(11)3)9-19(2)8-13(21)10-22-14-6-4-12(16)5-7-14/h4-7,13,21H,8-10H2,1-3H3. The molecule has 0 spiro atoms. The Labute approximate surface area is 129 Å². The lowest BCUT2D eigenvalue weighted by Gasteiger charge is -2.20. The van der Waals surface area contributed by atoms with Gasteiger partial charge >= 0.3 is 0 Å². The average molecular weight is 308 g/mol. The van der Waals surface area contributed by atoms with Crippen molar-refractivity contribution in [3.05, 3.63) is 41.7 Å². The number of halogens is 1. The third kappa shape index (κ3) is 4.51. The Kier molecular flexibility index (Phi) is 5.46. The zero-order chi connectivity index (χ0) is 16.1. The quantitative estimate of drug-likeness (QED) is 0.831. The maximum absolute atomic E-state index is 12.8. The maximum atomic E-state index is 12.8. The van der Waals surface area contributed by atoms with Crippen LogP contribution in [-0.4, -0.2) is 51.1 Å². The van der Waals surface area contributed by atoms with Gasteiger partial charge in [-0.2, -0.15) is 0 Å². The molecule has 1 N–H and O–H groups in total. The minimum Gasteiger partial charge on any atom is -0.491 e. The molecule has 6 nitrogen and oxygen atoms in total. The van der Waals surface area contributed by atoms with Gasteiger partial charge in [0.25, 0.3) is 0 Å². The third-order valence-electron chi connectivity index (χ3n) is 3.37. The van der Waals surface area contributed by atoms with Gasteiger partial charge in [0.15, 0.2) is 0 Å². The summed E-state index contributed by atoms with van der Waals surface area (Å²) in [5.41, 5.74) is 0. The van der Waals surface area contributed by atoms with Crippen LogP contribution in [0.3, 0.4) is 0 Å². The third-order valence-corrected chi connectivity index (χ3v) is 3.37. The van der Waals surface area contributed by atoms with E-state index in [1.54, 1.807) is 0 Å². The molecule has 2 rings (SSSR count). The number of aliphatic hydroxyl groups is 1. The predicted molar refractivity (Wildman–Crippen MR) is 80.0 cm³/mol. The summed E-state index contributed by atoms with van der Waals surface area (Å²) < 4.78 is 20.1. The van der Waals surface area contributed by atoms with Gasteiger partial charge in [-0.1, -0.05) is 0 Å². The lowest BCUT2D eigenvalue weighted by atomic mass is 10.3. The van der Waals surface area contributed by atoms with Gasteiger partial charge in [-0.3, -0.25) is 4.90 Å². The molecule has 1 aromatic carbocycles. The molecule has 2 aromatic rings. The second kappa shape index (κ2) is 7.33. The van der Waals surface area contributed by atoms with E-state index in [9.17, 15) is 9.50 Å². The second-order valence-electron chi connectivity index (χ2n) is 5.34. The van der Waals surface area contributed by atoms with Gasteiger partial charge in [-0.25, -0.2) is 4.39 Å². The summed E-state index contributed by atoms with van der Waals surface area (Å²) >= 11 is 0. The molecule has 0 amide bonds. The molecule has 120 valence electrons. The van der Waals surface area contributed by atoms with Crippen molar-refractivity contribution in [1.82, 2.24) is 19.7 Å². The number of rotatable bonds is 7. The molecule has 0 aliphatic heterocycles. The van der Waals surface area contributed by atoms with Crippen LogP contribution in [0.4, 0.5) is 4.39 Å². The number of aryl methyl sites for hydroxylation is 1. The number of hydrogen-bond acceptors (Lipinski definition) is 5. The molecule has 0 fully saturated rings. The zero-order valence-electron chi connectivity index (χ0n) is 13.0. The van der Waals surface area contributed by atoms with Gasteiger partial charge in [-0.05, 0) is 38.2 Å². The van der Waals surface area contributed by atoms with Crippen LogP contribution >= 0.6 is 0 Å². The zero-order valence-corrected chi connectivity index (χ0v) is 13.0. The smallest absolute Gasteiger partial charge is 0.146 e. The Bertz CT molecular complexity index is 600. The summed E-state index contributed by atoms with van der Waals surface area (Å²) in [5.74, 6) is 1.91. The Hall–Kier alpha value is -1.99. The minimum atomic E-state index is -0.649. The second-order valence-corrected chi connectivity index (χ2v) is 5.34. The first-order valence-corrected chi connectivity index (χ1v) is 7.05. The van der Waals surface area contributed by atoms with Gasteiger partial charge in [-0.15, -0.1) is 10.2 Å². The van der Waals surface area contributed by atoms with Crippen LogP contribution in [0.25, 0.3) is 0 Å². The van der Waals surface area contributed by atoms with E-state index in [2.05, 4.69) is 10.2 Å². The van der Waals surface area contributed by atoms with E-state index >= 15 is 0 Å². The highest BCUT2D eigenvalue weighted by Gasteiger charge is 2.13. The number of ether oxygens (including phenoxy) is 1. The maximum Gasteiger partial charge on any atom is 0.146 e. The van der Waals surface area contributed by atoms with E-state index in [0.717, 1.165) is 11.6 Å². The molecule has 7 heteroatoms. The number of likely N-dealkylation sites (N-methyl/N-ethyl adjacent to an activating group) is 1. The molecule has 0 aliphatic rings. The fourth-order valence-electron chi connectivity index (χ4n) is 2.03. The van der Waals surface area contributed by atoms with Crippen molar-refractivity contribution < 1.29 is 14.2 Å². The minimum absolute atomic E-state index is 0.147. The summed E-state index contributed by atoms with van der Waals surface area (Å²) in [6.07, 6.45) is -0.649. The molecule has 1 aromatic heterocycles. The van der Waals surface area contributed by atoms with Crippen molar-refractivity contribution in [1.29, 1.82) is 0 Å². The number of hydrogen-bond donors (Lipinski definition) is 1. The highest BCUT2D eigenvalue weighted by Crippen LogP contribution is 2.11. The van der Waals surface area contributed by atoms with Crippen LogP contribution < -0.4 is 4.74 Å². The van der Waals surface area contributed by atoms with Crippen LogP contribution in [0, 0.1) is 12.7 Å². The number of aliphatic hydroxyl groups excluding tert-OH is 1. The average Bonchev–Trinajstić information content (AvgIpc) is 2.78. The Morgan fingerprint density at radius 2 is 2.00 bits per heavy atom. The van der Waals surface area contributed by atoms with Crippen LogP contribution in [0.15, 0.2) is 24.3 Å². The van der Waals surface area contributed by atoms with Gasteiger partial charge in [0.2, 0.25) is 0 Å². The Balaban J connectivity index is 1.77. The monoisotopic (exact) mass is 308 g/mol. The van der Waals surface area contributed by atoms with E-state index in [0.29, 0.717) is 18.8 Å². The lowest BCUT2D eigenvalue weighted by molar-refractivity contribution is 0.0734. The molecule has 0 saturated carbocycles. The van der Waals surface area contributed by atoms with Crippen molar-refractivity contribution in [3.63, 3.8) is 0 Å². The van der Waals surface area contributed by atoms with Gasteiger partial charge < -0.3 is 14.4 Å². The molecular formula is C15H21FN4O2. The van der Waals surface area contributed by atoms with Crippen LogP contribution in [0.2, 0.25) is 0 Å². The van der Waals surface area contributed by atoms with Crippen molar-refractivity contribution in [3.8, 4) is 5.75 Å². The first-order chi connectivity index (χ1) is 10.5. The van der Waals surface area contributed by atoms with Crippen molar-refractivity contribution >= 4 is 0 Å². The SMILES string of the molecule is Cc1nnc(CN(C)CC(O)COc2ccc(F)cc2)n1C. The predicted octanol–water partition coefficient (Wildman–Crippen LogP) is 1.13. The molecule has 0 bridgehead atoms. The van der Waals surface area contributed by atoms with Crippen LogP contribution in [-0.2, 0) is 13.6 Å². The molecule has 0 saturated heterocycles. The van der Waals surface area contributed by atoms with Crippen LogP contribution in [0.1, 0.15) is 11.6 Å². The molecule has 1 heterocycles. The van der Waals surface area contributed by atoms with Crippen molar-refractivity contribution in [2.45, 2.75) is 19.6 Å². The number of nitrogens with zero attached hydrogens (tertiary/aromatic N) is 4. The highest BCUT2D eigenvalue weighted by atomic mass is 19.1. The Morgan fingerprint density at radius 3 is 2.59 bits per heavy atom. The van der Waals surface area contributed by atoms with E-state index in [4.69, 9.17) is 4.74 Å². The Morgan fingerprint density at radius 1 is 1.32 bits per heavy atom. The molecular weight excluding hydrogens is 287 g/mol. The fourth-order valence-corrected chi connectivity index (χ4v) is 2.03. The lowest BCUT2D eigenvalue weighted by Crippen LogP contribution is -2.33. The number of benzene rings is 1. The van der Waals surface area contributed by atoms with Crippen molar-refractivity contribution in [2.24, 2.45) is 7.05 Å². The molecule has 1 atom stereocenters. The highest BCUT2D eigenvalue weighted by molar-refractivity contribution is 5.22. The number of aromatic nitrogens is 3.